The molecule has 3 rings (SSSR count). The van der Waals surface area contributed by atoms with Gasteiger partial charge in [0.2, 0.25) is 0 Å². The third kappa shape index (κ3) is 3.90. The van der Waals surface area contributed by atoms with E-state index in [4.69, 9.17) is 0 Å². The van der Waals surface area contributed by atoms with Gasteiger partial charge in [0.15, 0.2) is 5.82 Å². The number of anilines is 1. The Morgan fingerprint density at radius 1 is 1.12 bits per heavy atom. The molecule has 1 aliphatic rings. The normalized spacial score (nSPS) is 16.8. The van der Waals surface area contributed by atoms with Crippen LogP contribution in [-0.2, 0) is 5.41 Å². The molecule has 2 aromatic heterocycles. The van der Waals surface area contributed by atoms with E-state index in [0.29, 0.717) is 12.0 Å². The van der Waals surface area contributed by atoms with Crippen LogP contribution in [0.5, 0.6) is 0 Å². The molecule has 3 heterocycles. The van der Waals surface area contributed by atoms with Gasteiger partial charge in [-0.25, -0.2) is 0 Å². The molecular formula is C19H27N5. The lowest BCUT2D eigenvalue weighted by Crippen LogP contribution is -2.51. The summed E-state index contributed by atoms with van der Waals surface area (Å²) in [7, 11) is 0. The Hall–Kier alpha value is -2.01. The molecule has 0 aliphatic carbocycles. The van der Waals surface area contributed by atoms with Gasteiger partial charge in [-0.2, -0.15) is 5.10 Å². The van der Waals surface area contributed by atoms with Gasteiger partial charge in [0.1, 0.15) is 0 Å². The third-order valence-corrected chi connectivity index (χ3v) is 4.62. The predicted molar refractivity (Wildman–Crippen MR) is 97.1 cm³/mol. The van der Waals surface area contributed by atoms with E-state index in [0.717, 1.165) is 31.1 Å². The average molecular weight is 325 g/mol. The van der Waals surface area contributed by atoms with Crippen molar-refractivity contribution in [2.45, 2.75) is 39.2 Å². The Morgan fingerprint density at radius 2 is 1.83 bits per heavy atom. The Labute approximate surface area is 144 Å². The lowest BCUT2D eigenvalue weighted by Gasteiger charge is -2.40. The molecule has 128 valence electrons. The molecule has 1 unspecified atom stereocenters. The molecule has 0 saturated carbocycles. The average Bonchev–Trinajstić information content (AvgIpc) is 2.53. The van der Waals surface area contributed by atoms with Crippen LogP contribution in [0.25, 0.3) is 0 Å². The number of aromatic nitrogens is 3. The van der Waals surface area contributed by atoms with Gasteiger partial charge in [-0.15, -0.1) is 5.10 Å². The molecule has 5 heteroatoms. The van der Waals surface area contributed by atoms with Crippen LogP contribution in [0, 0.1) is 5.92 Å². The highest BCUT2D eigenvalue weighted by Gasteiger charge is 2.28. The molecule has 24 heavy (non-hydrogen) atoms. The molecule has 1 saturated heterocycles. The molecule has 0 spiro atoms. The molecule has 0 aromatic carbocycles. The molecular weight excluding hydrogens is 298 g/mol. The second kappa shape index (κ2) is 6.85. The Balaban J connectivity index is 1.46. The highest BCUT2D eigenvalue weighted by molar-refractivity contribution is 5.41. The van der Waals surface area contributed by atoms with Crippen molar-refractivity contribution in [3.05, 3.63) is 47.9 Å². The first-order valence-corrected chi connectivity index (χ1v) is 8.66. The Kier molecular flexibility index (Phi) is 4.81. The van der Waals surface area contributed by atoms with Crippen molar-refractivity contribution in [2.75, 3.05) is 24.5 Å². The summed E-state index contributed by atoms with van der Waals surface area (Å²) in [6.07, 6.45) is 3.69. The van der Waals surface area contributed by atoms with Crippen molar-refractivity contribution in [1.82, 2.24) is 20.5 Å². The van der Waals surface area contributed by atoms with E-state index >= 15 is 0 Å². The SMILES string of the molecule is CC(NCC1CN(c2ccc(C(C)(C)C)nn2)C1)c1ccncc1. The number of pyridine rings is 1. The highest BCUT2D eigenvalue weighted by atomic mass is 15.3. The lowest BCUT2D eigenvalue weighted by atomic mass is 9.92. The van der Waals surface area contributed by atoms with Crippen LogP contribution >= 0.6 is 0 Å². The summed E-state index contributed by atoms with van der Waals surface area (Å²) in [4.78, 5) is 6.36. The number of hydrogen-bond donors (Lipinski definition) is 1. The van der Waals surface area contributed by atoms with Crippen LogP contribution in [0.15, 0.2) is 36.7 Å². The topological polar surface area (TPSA) is 53.9 Å². The van der Waals surface area contributed by atoms with Crippen LogP contribution in [0.4, 0.5) is 5.82 Å². The maximum atomic E-state index is 4.39. The van der Waals surface area contributed by atoms with Crippen LogP contribution in [0.2, 0.25) is 0 Å². The summed E-state index contributed by atoms with van der Waals surface area (Å²) in [6.45, 7) is 11.8. The van der Waals surface area contributed by atoms with Gasteiger partial charge in [0, 0.05) is 49.4 Å². The first-order chi connectivity index (χ1) is 11.4. The van der Waals surface area contributed by atoms with Crippen LogP contribution in [0.1, 0.15) is 45.0 Å². The zero-order chi connectivity index (χ0) is 17.2. The minimum atomic E-state index is 0.0516. The summed E-state index contributed by atoms with van der Waals surface area (Å²) in [6, 6.07) is 8.68. The zero-order valence-corrected chi connectivity index (χ0v) is 15.0. The molecule has 1 aliphatic heterocycles. The van der Waals surface area contributed by atoms with Crippen molar-refractivity contribution in [3.8, 4) is 0 Å². The zero-order valence-electron chi connectivity index (χ0n) is 15.0. The van der Waals surface area contributed by atoms with Gasteiger partial charge >= 0.3 is 0 Å². The second-order valence-electron chi connectivity index (χ2n) is 7.71. The fourth-order valence-electron chi connectivity index (χ4n) is 2.89. The van der Waals surface area contributed by atoms with Crippen LogP contribution < -0.4 is 10.2 Å². The maximum Gasteiger partial charge on any atom is 0.151 e. The standard InChI is InChI=1S/C19H27N5/c1-14(16-7-9-20-10-8-16)21-11-15-12-24(13-15)18-6-5-17(22-23-18)19(2,3)4/h5-10,14-15,21H,11-13H2,1-4H3. The van der Waals surface area contributed by atoms with Crippen LogP contribution in [-0.4, -0.2) is 34.8 Å². The van der Waals surface area contributed by atoms with Crippen molar-refractivity contribution >= 4 is 5.82 Å². The van der Waals surface area contributed by atoms with E-state index in [1.807, 2.05) is 12.4 Å². The fourth-order valence-corrected chi connectivity index (χ4v) is 2.89. The minimum absolute atomic E-state index is 0.0516. The van der Waals surface area contributed by atoms with Gasteiger partial charge in [0.25, 0.3) is 0 Å². The molecule has 0 bridgehead atoms. The van der Waals surface area contributed by atoms with Crippen molar-refractivity contribution in [1.29, 1.82) is 0 Å². The molecule has 1 atom stereocenters. The summed E-state index contributed by atoms with van der Waals surface area (Å²) in [5.41, 5.74) is 2.37. The van der Waals surface area contributed by atoms with E-state index < -0.39 is 0 Å². The predicted octanol–water partition coefficient (Wildman–Crippen LogP) is 2.96. The second-order valence-corrected chi connectivity index (χ2v) is 7.71. The monoisotopic (exact) mass is 325 g/mol. The Bertz CT molecular complexity index is 642. The summed E-state index contributed by atoms with van der Waals surface area (Å²) >= 11 is 0. The van der Waals surface area contributed by atoms with E-state index in [1.54, 1.807) is 0 Å². The highest BCUT2D eigenvalue weighted by Crippen LogP contribution is 2.25. The third-order valence-electron chi connectivity index (χ3n) is 4.62. The van der Waals surface area contributed by atoms with E-state index in [1.165, 1.54) is 5.56 Å². The van der Waals surface area contributed by atoms with Crippen molar-refractivity contribution in [3.63, 3.8) is 0 Å². The lowest BCUT2D eigenvalue weighted by molar-refractivity contribution is 0.365. The smallest absolute Gasteiger partial charge is 0.151 e. The van der Waals surface area contributed by atoms with E-state index in [2.05, 4.69) is 77.4 Å². The first kappa shape index (κ1) is 16.8. The summed E-state index contributed by atoms with van der Waals surface area (Å²) in [5, 5.41) is 12.4. The van der Waals surface area contributed by atoms with Crippen molar-refractivity contribution in [2.24, 2.45) is 5.92 Å². The molecule has 0 radical (unpaired) electrons. The van der Waals surface area contributed by atoms with Crippen molar-refractivity contribution < 1.29 is 0 Å². The minimum Gasteiger partial charge on any atom is -0.354 e. The summed E-state index contributed by atoms with van der Waals surface area (Å²) in [5.74, 6) is 1.65. The van der Waals surface area contributed by atoms with Gasteiger partial charge in [-0.3, -0.25) is 4.98 Å². The summed E-state index contributed by atoms with van der Waals surface area (Å²) < 4.78 is 0. The number of nitrogens with one attached hydrogen (secondary N) is 1. The van der Waals surface area contributed by atoms with E-state index in [-0.39, 0.29) is 5.41 Å². The molecule has 5 nitrogen and oxygen atoms in total. The number of nitrogens with zero attached hydrogens (tertiary/aromatic N) is 4. The van der Waals surface area contributed by atoms with Gasteiger partial charge < -0.3 is 10.2 Å². The van der Waals surface area contributed by atoms with Crippen LogP contribution in [0.3, 0.4) is 0 Å². The van der Waals surface area contributed by atoms with E-state index in [9.17, 15) is 0 Å². The molecule has 2 aromatic rings. The van der Waals surface area contributed by atoms with Gasteiger partial charge in [-0.1, -0.05) is 20.8 Å². The first-order valence-electron chi connectivity index (χ1n) is 8.66. The molecule has 0 amide bonds. The number of hydrogen-bond acceptors (Lipinski definition) is 5. The number of rotatable bonds is 5. The quantitative estimate of drug-likeness (QED) is 0.916. The maximum absolute atomic E-state index is 4.39. The molecule has 1 fully saturated rings. The van der Waals surface area contributed by atoms with Gasteiger partial charge in [-0.05, 0) is 36.8 Å². The largest absolute Gasteiger partial charge is 0.354 e. The Morgan fingerprint density at radius 3 is 2.42 bits per heavy atom. The fraction of sp³-hybridized carbons (Fsp3) is 0.526. The molecule has 1 N–H and O–H groups in total. The van der Waals surface area contributed by atoms with Gasteiger partial charge in [0.05, 0.1) is 5.69 Å².